The van der Waals surface area contributed by atoms with Gasteiger partial charge in [-0.25, -0.2) is 0 Å². The molecule has 1 amide bonds. The van der Waals surface area contributed by atoms with Crippen molar-refractivity contribution in [3.63, 3.8) is 0 Å². The molecule has 186 valence electrons. The van der Waals surface area contributed by atoms with Gasteiger partial charge >= 0.3 is 6.18 Å². The Morgan fingerprint density at radius 2 is 1.65 bits per heavy atom. The van der Waals surface area contributed by atoms with Crippen molar-refractivity contribution >= 4 is 44.9 Å². The molecule has 37 heavy (non-hydrogen) atoms. The highest BCUT2D eigenvalue weighted by Crippen LogP contribution is 2.39. The van der Waals surface area contributed by atoms with Crippen LogP contribution >= 0.6 is 11.6 Å². The number of hydrogen-bond acceptors (Lipinski definition) is 4. The zero-order chi connectivity index (χ0) is 26.2. The molecule has 0 aliphatic carbocycles. The summed E-state index contributed by atoms with van der Waals surface area (Å²) in [6.45, 7) is -0.443. The molecule has 1 heterocycles. The van der Waals surface area contributed by atoms with E-state index >= 15 is 0 Å². The number of nitrogens with one attached hydrogen (secondary N) is 1. The molecule has 0 saturated carbocycles. The Labute approximate surface area is 213 Å². The molecule has 1 N–H and O–H groups in total. The van der Waals surface area contributed by atoms with Crippen LogP contribution in [-0.4, -0.2) is 12.5 Å². The monoisotopic (exact) mass is 523 g/mol. The minimum atomic E-state index is -4.94. The Bertz CT molecular complexity index is 1710. The number of benzene rings is 4. The Kier molecular flexibility index (Phi) is 6.35. The third-order valence-electron chi connectivity index (χ3n) is 5.70. The third-order valence-corrected chi connectivity index (χ3v) is 6.03. The number of carbonyl (C=O) groups is 1. The van der Waals surface area contributed by atoms with E-state index in [2.05, 4.69) is 5.32 Å². The summed E-state index contributed by atoms with van der Waals surface area (Å²) in [7, 11) is 0. The second-order valence-corrected chi connectivity index (χ2v) is 8.54. The first-order valence-electron chi connectivity index (χ1n) is 11.1. The zero-order valence-corrected chi connectivity index (χ0v) is 19.7. The number of halogens is 4. The molecule has 0 fully saturated rings. The second-order valence-electron chi connectivity index (χ2n) is 8.13. The average molecular weight is 524 g/mol. The molecule has 0 aliphatic heterocycles. The van der Waals surface area contributed by atoms with Gasteiger partial charge in [-0.05, 0) is 40.6 Å². The van der Waals surface area contributed by atoms with Gasteiger partial charge in [-0.1, -0.05) is 66.2 Å². The fourth-order valence-corrected chi connectivity index (χ4v) is 4.23. The number of para-hydroxylation sites is 1. The first-order valence-corrected chi connectivity index (χ1v) is 11.4. The zero-order valence-electron chi connectivity index (χ0n) is 18.9. The van der Waals surface area contributed by atoms with Gasteiger partial charge in [-0.15, -0.1) is 0 Å². The summed E-state index contributed by atoms with van der Waals surface area (Å²) in [4.78, 5) is 25.6. The molecule has 5 rings (SSSR count). The van der Waals surface area contributed by atoms with Crippen LogP contribution in [0.3, 0.4) is 0 Å². The Morgan fingerprint density at radius 3 is 2.43 bits per heavy atom. The molecule has 0 unspecified atom stereocenters. The van der Waals surface area contributed by atoms with E-state index in [9.17, 15) is 22.8 Å². The van der Waals surface area contributed by atoms with E-state index in [1.807, 2.05) is 0 Å². The molecule has 0 saturated heterocycles. The smallest absolute Gasteiger partial charge is 0.450 e. The van der Waals surface area contributed by atoms with Crippen molar-refractivity contribution in [2.45, 2.75) is 6.18 Å². The lowest BCUT2D eigenvalue weighted by Gasteiger charge is -2.15. The summed E-state index contributed by atoms with van der Waals surface area (Å²) in [5, 5.41) is 4.04. The molecule has 1 aromatic heterocycles. The van der Waals surface area contributed by atoms with Gasteiger partial charge in [0.05, 0.1) is 21.7 Å². The summed E-state index contributed by atoms with van der Waals surface area (Å²) in [6, 6.07) is 22.1. The minimum Gasteiger partial charge on any atom is -0.484 e. The lowest BCUT2D eigenvalue weighted by atomic mass is 9.96. The summed E-state index contributed by atoms with van der Waals surface area (Å²) in [6.07, 6.45) is -4.94. The lowest BCUT2D eigenvalue weighted by molar-refractivity contribution is -0.152. The molecule has 0 spiro atoms. The number of amides is 1. The Morgan fingerprint density at radius 1 is 0.919 bits per heavy atom. The van der Waals surface area contributed by atoms with Crippen LogP contribution in [-0.2, 0) is 11.0 Å². The molecule has 5 aromatic rings. The predicted octanol–water partition coefficient (Wildman–Crippen LogP) is 7.30. The van der Waals surface area contributed by atoms with Crippen LogP contribution in [0.2, 0.25) is 5.02 Å². The van der Waals surface area contributed by atoms with Crippen LogP contribution in [0.15, 0.2) is 94.1 Å². The molecule has 0 atom stereocenters. The van der Waals surface area contributed by atoms with Crippen LogP contribution in [0.1, 0.15) is 5.76 Å². The molecule has 9 heteroatoms. The van der Waals surface area contributed by atoms with Crippen molar-refractivity contribution in [3.8, 4) is 16.9 Å². The first-order chi connectivity index (χ1) is 17.7. The molecule has 0 bridgehead atoms. The van der Waals surface area contributed by atoms with Crippen LogP contribution in [0, 0.1) is 0 Å². The summed E-state index contributed by atoms with van der Waals surface area (Å²) < 4.78 is 53.0. The Hall–Kier alpha value is -4.30. The standard InChI is InChI=1S/C28H17ClF3NO4/c29-21-10-3-4-11-22(21)33-24(34)15-36-17-12-13-20-23(14-17)37-27(28(30,31)32)25(26(20)35)19-9-5-7-16-6-1-2-8-18(16)19/h1-14H,15H2,(H,33,34). The summed E-state index contributed by atoms with van der Waals surface area (Å²) >= 11 is 6.02. The molecule has 5 nitrogen and oxygen atoms in total. The number of ether oxygens (including phenoxy) is 1. The van der Waals surface area contributed by atoms with Crippen LogP contribution in [0.4, 0.5) is 18.9 Å². The lowest BCUT2D eigenvalue weighted by Crippen LogP contribution is -2.20. The SMILES string of the molecule is O=C(COc1ccc2c(=O)c(-c3cccc4ccccc34)c(C(F)(F)F)oc2c1)Nc1ccccc1Cl. The van der Waals surface area contributed by atoms with Crippen molar-refractivity contribution < 1.29 is 27.1 Å². The number of carbonyl (C=O) groups excluding carboxylic acids is 1. The largest absolute Gasteiger partial charge is 0.484 e. The van der Waals surface area contributed by atoms with E-state index in [0.717, 1.165) is 6.07 Å². The van der Waals surface area contributed by atoms with Gasteiger partial charge in [0.15, 0.2) is 6.61 Å². The summed E-state index contributed by atoms with van der Waals surface area (Å²) in [5.74, 6) is -1.89. The van der Waals surface area contributed by atoms with Crippen LogP contribution < -0.4 is 15.5 Å². The highest BCUT2D eigenvalue weighted by atomic mass is 35.5. The van der Waals surface area contributed by atoms with Crippen molar-refractivity contribution in [2.24, 2.45) is 0 Å². The summed E-state index contributed by atoms with van der Waals surface area (Å²) in [5.41, 5.74) is -1.20. The molecule has 0 aliphatic rings. The minimum absolute atomic E-state index is 0.0518. The molecule has 4 aromatic carbocycles. The fourth-order valence-electron chi connectivity index (χ4n) is 4.05. The number of anilines is 1. The fraction of sp³-hybridized carbons (Fsp3) is 0.0714. The van der Waals surface area contributed by atoms with Crippen LogP contribution in [0.5, 0.6) is 5.75 Å². The van der Waals surface area contributed by atoms with Crippen LogP contribution in [0.25, 0.3) is 32.9 Å². The van der Waals surface area contributed by atoms with Crippen molar-refractivity contribution in [3.05, 3.63) is 106 Å². The Balaban J connectivity index is 1.52. The molecular weight excluding hydrogens is 507 g/mol. The molecule has 0 radical (unpaired) electrons. The van der Waals surface area contributed by atoms with Gasteiger partial charge in [0.2, 0.25) is 11.2 Å². The van der Waals surface area contributed by atoms with E-state index < -0.39 is 35.4 Å². The van der Waals surface area contributed by atoms with E-state index in [1.165, 1.54) is 18.2 Å². The van der Waals surface area contributed by atoms with E-state index in [4.69, 9.17) is 20.8 Å². The van der Waals surface area contributed by atoms with Crippen molar-refractivity contribution in [1.82, 2.24) is 0 Å². The maximum atomic E-state index is 14.1. The van der Waals surface area contributed by atoms with E-state index in [1.54, 1.807) is 60.7 Å². The van der Waals surface area contributed by atoms with E-state index in [0.29, 0.717) is 21.5 Å². The van der Waals surface area contributed by atoms with Gasteiger partial charge < -0.3 is 14.5 Å². The number of alkyl halides is 3. The van der Waals surface area contributed by atoms with Gasteiger partial charge in [-0.3, -0.25) is 9.59 Å². The number of fused-ring (bicyclic) bond motifs is 2. The van der Waals surface area contributed by atoms with Gasteiger partial charge in [0.25, 0.3) is 5.91 Å². The van der Waals surface area contributed by atoms with Gasteiger partial charge in [0, 0.05) is 6.07 Å². The maximum Gasteiger partial charge on any atom is 0.450 e. The maximum absolute atomic E-state index is 14.1. The number of rotatable bonds is 5. The molecular formula is C28H17ClF3NO4. The quantitative estimate of drug-likeness (QED) is 0.262. The average Bonchev–Trinajstić information content (AvgIpc) is 2.88. The predicted molar refractivity (Wildman–Crippen MR) is 136 cm³/mol. The normalized spacial score (nSPS) is 11.6. The highest BCUT2D eigenvalue weighted by Gasteiger charge is 2.39. The van der Waals surface area contributed by atoms with Gasteiger partial charge in [-0.2, -0.15) is 13.2 Å². The topological polar surface area (TPSA) is 68.5 Å². The third kappa shape index (κ3) is 4.88. The highest BCUT2D eigenvalue weighted by molar-refractivity contribution is 6.33. The first kappa shape index (κ1) is 24.4. The van der Waals surface area contributed by atoms with Crippen molar-refractivity contribution in [2.75, 3.05) is 11.9 Å². The van der Waals surface area contributed by atoms with E-state index in [-0.39, 0.29) is 22.3 Å². The number of hydrogen-bond donors (Lipinski definition) is 1. The van der Waals surface area contributed by atoms with Crippen molar-refractivity contribution in [1.29, 1.82) is 0 Å². The second kappa shape index (κ2) is 9.63. The van der Waals surface area contributed by atoms with Gasteiger partial charge in [0.1, 0.15) is 11.3 Å².